The summed E-state index contributed by atoms with van der Waals surface area (Å²) in [5.41, 5.74) is 1.62. The lowest BCUT2D eigenvalue weighted by atomic mass is 10.3. The summed E-state index contributed by atoms with van der Waals surface area (Å²) in [4.78, 5) is 15.5. The molecule has 0 aliphatic carbocycles. The van der Waals surface area contributed by atoms with Gasteiger partial charge in [-0.1, -0.05) is 0 Å². The third kappa shape index (κ3) is 2.66. The highest BCUT2D eigenvalue weighted by atomic mass is 32.1. The number of hydrogen-bond donors (Lipinski definition) is 2. The molecule has 3 rings (SSSR count). The molecule has 21 heavy (non-hydrogen) atoms. The van der Waals surface area contributed by atoms with Crippen LogP contribution in [0, 0.1) is 0 Å². The molecule has 0 radical (unpaired) electrons. The van der Waals surface area contributed by atoms with Crippen LogP contribution >= 0.6 is 11.3 Å². The van der Waals surface area contributed by atoms with E-state index in [1.807, 2.05) is 31.3 Å². The zero-order valence-corrected chi connectivity index (χ0v) is 12.0. The number of pyridine rings is 1. The Morgan fingerprint density at radius 2 is 2.05 bits per heavy atom. The van der Waals surface area contributed by atoms with Gasteiger partial charge in [0.2, 0.25) is 0 Å². The average molecular weight is 300 g/mol. The smallest absolute Gasteiger partial charge is 0.345 e. The first-order chi connectivity index (χ1) is 10.2. The molecular formula is C15H12N2O3S. The molecule has 2 N–H and O–H groups in total. The molecular weight excluding hydrogens is 288 g/mol. The fourth-order valence-electron chi connectivity index (χ4n) is 1.92. The maximum absolute atomic E-state index is 11.0. The van der Waals surface area contributed by atoms with Gasteiger partial charge >= 0.3 is 5.97 Å². The van der Waals surface area contributed by atoms with Crippen LogP contribution in [0.2, 0.25) is 0 Å². The average Bonchev–Trinajstić information content (AvgIpc) is 2.93. The lowest BCUT2D eigenvalue weighted by molar-refractivity contribution is 0.0702. The topological polar surface area (TPSA) is 71.5 Å². The van der Waals surface area contributed by atoms with Crippen LogP contribution in [0.25, 0.3) is 10.2 Å². The highest BCUT2D eigenvalue weighted by Gasteiger charge is 2.13. The number of carboxylic acid groups (broad SMARTS) is 1. The zero-order valence-electron chi connectivity index (χ0n) is 11.2. The molecule has 3 aromatic rings. The van der Waals surface area contributed by atoms with Crippen molar-refractivity contribution in [2.75, 3.05) is 12.4 Å². The number of aromatic carboxylic acids is 1. The van der Waals surface area contributed by atoms with Gasteiger partial charge in [0.25, 0.3) is 0 Å². The van der Waals surface area contributed by atoms with Crippen molar-refractivity contribution in [2.45, 2.75) is 0 Å². The maximum Gasteiger partial charge on any atom is 0.345 e. The minimum atomic E-state index is -0.956. The van der Waals surface area contributed by atoms with Crippen LogP contribution in [0.15, 0.2) is 42.6 Å². The van der Waals surface area contributed by atoms with Crippen LogP contribution in [0.5, 0.6) is 11.5 Å². The van der Waals surface area contributed by atoms with Crippen molar-refractivity contribution >= 4 is 33.2 Å². The summed E-state index contributed by atoms with van der Waals surface area (Å²) < 4.78 is 6.56. The van der Waals surface area contributed by atoms with E-state index in [4.69, 9.17) is 9.84 Å². The number of thiophene rings is 1. The quantitative estimate of drug-likeness (QED) is 0.766. The van der Waals surface area contributed by atoms with Gasteiger partial charge in [-0.3, -0.25) is 4.98 Å². The number of rotatable bonds is 4. The Morgan fingerprint density at radius 1 is 1.29 bits per heavy atom. The number of carbonyl (C=O) groups is 1. The first-order valence-corrected chi connectivity index (χ1v) is 7.06. The van der Waals surface area contributed by atoms with Crippen LogP contribution < -0.4 is 10.1 Å². The predicted molar refractivity (Wildman–Crippen MR) is 82.6 cm³/mol. The van der Waals surface area contributed by atoms with Gasteiger partial charge < -0.3 is 15.2 Å². The van der Waals surface area contributed by atoms with Crippen LogP contribution in [-0.4, -0.2) is 23.1 Å². The van der Waals surface area contributed by atoms with Gasteiger partial charge in [-0.2, -0.15) is 0 Å². The normalized spacial score (nSPS) is 10.5. The number of nitrogens with zero attached hydrogens (tertiary/aromatic N) is 1. The molecule has 0 bridgehead atoms. The van der Waals surface area contributed by atoms with Crippen molar-refractivity contribution in [3.05, 3.63) is 47.5 Å². The molecule has 0 aliphatic rings. The number of nitrogens with one attached hydrogen (secondary N) is 1. The van der Waals surface area contributed by atoms with Gasteiger partial charge in [0.05, 0.1) is 10.2 Å². The van der Waals surface area contributed by atoms with Gasteiger partial charge in [-0.15, -0.1) is 11.3 Å². The van der Waals surface area contributed by atoms with Crippen LogP contribution in [0.3, 0.4) is 0 Å². The van der Waals surface area contributed by atoms with Gasteiger partial charge in [0, 0.05) is 25.0 Å². The van der Waals surface area contributed by atoms with Crippen molar-refractivity contribution in [1.29, 1.82) is 0 Å². The number of fused-ring (bicyclic) bond motifs is 1. The van der Waals surface area contributed by atoms with Crippen LogP contribution in [0.1, 0.15) is 9.67 Å². The van der Waals surface area contributed by atoms with Crippen molar-refractivity contribution in [1.82, 2.24) is 4.98 Å². The SMILES string of the molecule is CNc1ccc(Oc2ccnc3cc(C(=O)O)sc23)cc1. The van der Waals surface area contributed by atoms with Gasteiger partial charge in [0.1, 0.15) is 16.4 Å². The van der Waals surface area contributed by atoms with E-state index in [0.717, 1.165) is 21.7 Å². The molecule has 2 aromatic heterocycles. The molecule has 0 saturated heterocycles. The minimum Gasteiger partial charge on any atom is -0.477 e. The summed E-state index contributed by atoms with van der Waals surface area (Å²) in [7, 11) is 1.85. The molecule has 106 valence electrons. The molecule has 0 amide bonds. The van der Waals surface area contributed by atoms with E-state index in [1.54, 1.807) is 18.3 Å². The standard InChI is InChI=1S/C15H12N2O3S/c1-16-9-2-4-10(5-3-9)20-12-6-7-17-11-8-13(15(18)19)21-14(11)12/h2-8,16H,1H3,(H,18,19). The third-order valence-electron chi connectivity index (χ3n) is 2.96. The van der Waals surface area contributed by atoms with E-state index in [-0.39, 0.29) is 4.88 Å². The number of aromatic nitrogens is 1. The molecule has 6 heteroatoms. The Morgan fingerprint density at radius 3 is 2.71 bits per heavy atom. The van der Waals surface area contributed by atoms with Crippen LogP contribution in [0.4, 0.5) is 5.69 Å². The fraction of sp³-hybridized carbons (Fsp3) is 0.0667. The number of ether oxygens (including phenoxy) is 1. The van der Waals surface area contributed by atoms with Crippen molar-refractivity contribution in [2.24, 2.45) is 0 Å². The summed E-state index contributed by atoms with van der Waals surface area (Å²) in [5, 5.41) is 12.1. The molecule has 1 aromatic carbocycles. The second-order valence-corrected chi connectivity index (χ2v) is 5.37. The van der Waals surface area contributed by atoms with E-state index in [2.05, 4.69) is 10.3 Å². The van der Waals surface area contributed by atoms with Crippen LogP contribution in [-0.2, 0) is 0 Å². The summed E-state index contributed by atoms with van der Waals surface area (Å²) in [6.45, 7) is 0. The highest BCUT2D eigenvalue weighted by molar-refractivity contribution is 7.21. The Kier molecular flexibility index (Phi) is 3.45. The van der Waals surface area contributed by atoms with E-state index in [9.17, 15) is 4.79 Å². The first-order valence-electron chi connectivity index (χ1n) is 6.25. The molecule has 0 fully saturated rings. The largest absolute Gasteiger partial charge is 0.477 e. The molecule has 5 nitrogen and oxygen atoms in total. The summed E-state index contributed by atoms with van der Waals surface area (Å²) in [6, 6.07) is 10.8. The fourth-order valence-corrected chi connectivity index (χ4v) is 2.82. The summed E-state index contributed by atoms with van der Waals surface area (Å²) in [6.07, 6.45) is 1.61. The molecule has 0 atom stereocenters. The van der Waals surface area contributed by atoms with Gasteiger partial charge in [0.15, 0.2) is 0 Å². The lowest BCUT2D eigenvalue weighted by Gasteiger charge is -2.07. The second-order valence-electron chi connectivity index (χ2n) is 4.32. The van der Waals surface area contributed by atoms with Crippen molar-refractivity contribution in [3.8, 4) is 11.5 Å². The minimum absolute atomic E-state index is 0.249. The second kappa shape index (κ2) is 5.41. The Balaban J connectivity index is 1.97. The first kappa shape index (κ1) is 13.4. The molecule has 0 spiro atoms. The Bertz CT molecular complexity index is 796. The Hall–Kier alpha value is -2.60. The van der Waals surface area contributed by atoms with Crippen molar-refractivity contribution in [3.63, 3.8) is 0 Å². The number of anilines is 1. The molecule has 2 heterocycles. The third-order valence-corrected chi connectivity index (χ3v) is 4.08. The highest BCUT2D eigenvalue weighted by Crippen LogP contribution is 2.35. The zero-order chi connectivity index (χ0) is 14.8. The number of benzene rings is 1. The van der Waals surface area contributed by atoms with E-state index in [1.165, 1.54) is 0 Å². The molecule has 0 unspecified atom stereocenters. The number of hydrogen-bond acceptors (Lipinski definition) is 5. The number of carboxylic acids is 1. The van der Waals surface area contributed by atoms with Crippen molar-refractivity contribution < 1.29 is 14.6 Å². The monoisotopic (exact) mass is 300 g/mol. The van der Waals surface area contributed by atoms with Gasteiger partial charge in [-0.25, -0.2) is 4.79 Å². The van der Waals surface area contributed by atoms with E-state index >= 15 is 0 Å². The summed E-state index contributed by atoms with van der Waals surface area (Å²) >= 11 is 1.16. The summed E-state index contributed by atoms with van der Waals surface area (Å²) in [5.74, 6) is 0.337. The Labute approximate surface area is 124 Å². The predicted octanol–water partition coefficient (Wildman–Crippen LogP) is 3.83. The van der Waals surface area contributed by atoms with Gasteiger partial charge in [-0.05, 0) is 30.3 Å². The maximum atomic E-state index is 11.0. The molecule has 0 aliphatic heterocycles. The van der Waals surface area contributed by atoms with E-state index < -0.39 is 5.97 Å². The molecule has 0 saturated carbocycles. The lowest BCUT2D eigenvalue weighted by Crippen LogP contribution is -1.89. The van der Waals surface area contributed by atoms with E-state index in [0.29, 0.717) is 17.0 Å².